The fourth-order valence-corrected chi connectivity index (χ4v) is 1.65. The second-order valence-electron chi connectivity index (χ2n) is 4.88. The van der Waals surface area contributed by atoms with Crippen molar-refractivity contribution < 1.29 is 14.7 Å². The molecule has 0 aliphatic heterocycles. The Bertz CT molecular complexity index is 469. The first-order valence-electron chi connectivity index (χ1n) is 5.67. The molecule has 0 unspecified atom stereocenters. The molecule has 0 atom stereocenters. The van der Waals surface area contributed by atoms with E-state index in [9.17, 15) is 9.59 Å². The highest BCUT2D eigenvalue weighted by molar-refractivity contribution is 5.95. The average molecular weight is 250 g/mol. The van der Waals surface area contributed by atoms with Crippen LogP contribution in [0.4, 0.5) is 0 Å². The number of rotatable bonds is 4. The van der Waals surface area contributed by atoms with Crippen LogP contribution in [-0.2, 0) is 4.79 Å². The largest absolute Gasteiger partial charge is 0.481 e. The van der Waals surface area contributed by atoms with Gasteiger partial charge < -0.3 is 10.0 Å². The highest BCUT2D eigenvalue weighted by Gasteiger charge is 2.31. The highest BCUT2D eigenvalue weighted by atomic mass is 16.4. The van der Waals surface area contributed by atoms with Gasteiger partial charge in [0.05, 0.1) is 12.0 Å². The molecule has 1 N–H and O–H groups in total. The van der Waals surface area contributed by atoms with E-state index < -0.39 is 11.5 Å². The van der Waals surface area contributed by atoms with Crippen LogP contribution in [0.15, 0.2) is 18.3 Å². The van der Waals surface area contributed by atoms with Gasteiger partial charge in [0.25, 0.3) is 5.91 Å². The number of aliphatic carboxylic acids is 1. The summed E-state index contributed by atoms with van der Waals surface area (Å²) in [6.45, 7) is 5.21. The van der Waals surface area contributed by atoms with E-state index in [-0.39, 0.29) is 12.3 Å². The maximum Gasteiger partial charge on any atom is 0.305 e. The molecule has 0 radical (unpaired) electrons. The van der Waals surface area contributed by atoms with Crippen LogP contribution in [0.3, 0.4) is 0 Å². The zero-order valence-electron chi connectivity index (χ0n) is 11.1. The molecule has 1 rings (SSSR count). The van der Waals surface area contributed by atoms with Crippen LogP contribution in [0.2, 0.25) is 0 Å². The van der Waals surface area contributed by atoms with E-state index in [2.05, 4.69) is 4.98 Å². The van der Waals surface area contributed by atoms with E-state index in [1.54, 1.807) is 46.1 Å². The lowest BCUT2D eigenvalue weighted by Gasteiger charge is -2.34. The number of carbonyl (C=O) groups is 2. The van der Waals surface area contributed by atoms with E-state index >= 15 is 0 Å². The summed E-state index contributed by atoms with van der Waals surface area (Å²) in [5.41, 5.74) is 0.393. The molecule has 1 heterocycles. The molecule has 5 nitrogen and oxygen atoms in total. The molecule has 5 heteroatoms. The van der Waals surface area contributed by atoms with Gasteiger partial charge in [0.15, 0.2) is 0 Å². The Balaban J connectivity index is 2.97. The second-order valence-corrected chi connectivity index (χ2v) is 4.88. The third-order valence-electron chi connectivity index (χ3n) is 3.03. The lowest BCUT2D eigenvalue weighted by molar-refractivity contribution is -0.139. The van der Waals surface area contributed by atoms with Gasteiger partial charge in [0, 0.05) is 24.5 Å². The molecule has 0 saturated carbocycles. The zero-order valence-corrected chi connectivity index (χ0v) is 11.1. The van der Waals surface area contributed by atoms with Crippen molar-refractivity contribution in [1.29, 1.82) is 0 Å². The Morgan fingerprint density at radius 2 is 2.06 bits per heavy atom. The van der Waals surface area contributed by atoms with Gasteiger partial charge in [-0.05, 0) is 32.9 Å². The highest BCUT2D eigenvalue weighted by Crippen LogP contribution is 2.20. The van der Waals surface area contributed by atoms with Crippen molar-refractivity contribution in [3.8, 4) is 0 Å². The summed E-state index contributed by atoms with van der Waals surface area (Å²) in [6.07, 6.45) is 1.52. The minimum Gasteiger partial charge on any atom is -0.481 e. The van der Waals surface area contributed by atoms with Gasteiger partial charge in [-0.3, -0.25) is 14.6 Å². The van der Waals surface area contributed by atoms with Gasteiger partial charge >= 0.3 is 5.97 Å². The van der Waals surface area contributed by atoms with Crippen LogP contribution in [-0.4, -0.2) is 39.5 Å². The third kappa shape index (κ3) is 3.06. The Labute approximate surface area is 106 Å². The first kappa shape index (κ1) is 14.2. The quantitative estimate of drug-likeness (QED) is 0.883. The number of pyridine rings is 1. The molecule has 0 aromatic carbocycles. The molecule has 0 bridgehead atoms. The monoisotopic (exact) mass is 250 g/mol. The third-order valence-corrected chi connectivity index (χ3v) is 3.03. The molecule has 1 aromatic rings. The van der Waals surface area contributed by atoms with Crippen molar-refractivity contribution in [2.45, 2.75) is 32.7 Å². The van der Waals surface area contributed by atoms with Crippen LogP contribution in [0.1, 0.15) is 36.3 Å². The first-order valence-corrected chi connectivity index (χ1v) is 5.67. The van der Waals surface area contributed by atoms with Crippen LogP contribution < -0.4 is 0 Å². The maximum absolute atomic E-state index is 12.3. The molecule has 1 aromatic heterocycles. The van der Waals surface area contributed by atoms with Gasteiger partial charge in [-0.25, -0.2) is 0 Å². The number of aromatic nitrogens is 1. The summed E-state index contributed by atoms with van der Waals surface area (Å²) in [4.78, 5) is 28.6. The summed E-state index contributed by atoms with van der Waals surface area (Å²) < 4.78 is 0. The molecular weight excluding hydrogens is 232 g/mol. The fourth-order valence-electron chi connectivity index (χ4n) is 1.65. The summed E-state index contributed by atoms with van der Waals surface area (Å²) in [6, 6.07) is 3.39. The number of carboxylic acid groups (broad SMARTS) is 1. The van der Waals surface area contributed by atoms with Crippen LogP contribution in [0.25, 0.3) is 0 Å². The summed E-state index contributed by atoms with van der Waals surface area (Å²) in [5, 5.41) is 8.85. The Kier molecular flexibility index (Phi) is 4.06. The number of hydrogen-bond acceptors (Lipinski definition) is 3. The molecule has 0 spiro atoms. The second kappa shape index (κ2) is 5.16. The van der Waals surface area contributed by atoms with Gasteiger partial charge in [0.2, 0.25) is 0 Å². The van der Waals surface area contributed by atoms with E-state index in [1.807, 2.05) is 0 Å². The van der Waals surface area contributed by atoms with Crippen molar-refractivity contribution in [3.63, 3.8) is 0 Å². The predicted octanol–water partition coefficient (Wildman–Crippen LogP) is 1.72. The van der Waals surface area contributed by atoms with E-state index in [1.165, 1.54) is 4.90 Å². The normalized spacial score (nSPS) is 11.1. The molecule has 0 aliphatic rings. The van der Waals surface area contributed by atoms with Crippen molar-refractivity contribution >= 4 is 11.9 Å². The lowest BCUT2D eigenvalue weighted by Crippen LogP contribution is -2.46. The van der Waals surface area contributed by atoms with Gasteiger partial charge in [-0.2, -0.15) is 0 Å². The van der Waals surface area contributed by atoms with Crippen LogP contribution >= 0.6 is 0 Å². The molecule has 0 saturated heterocycles. The smallest absolute Gasteiger partial charge is 0.305 e. The number of carboxylic acids is 1. The van der Waals surface area contributed by atoms with E-state index in [0.29, 0.717) is 11.3 Å². The standard InChI is InChI=1S/C13H18N2O3/c1-9-10(6-5-7-14-9)12(18)15(4)13(2,3)8-11(16)17/h5-7H,8H2,1-4H3,(H,16,17). The molecule has 18 heavy (non-hydrogen) atoms. The van der Waals surface area contributed by atoms with Crippen molar-refractivity contribution in [1.82, 2.24) is 9.88 Å². The van der Waals surface area contributed by atoms with Crippen LogP contribution in [0.5, 0.6) is 0 Å². The van der Waals surface area contributed by atoms with Crippen molar-refractivity contribution in [2.24, 2.45) is 0 Å². The number of nitrogens with zero attached hydrogens (tertiary/aromatic N) is 2. The fraction of sp³-hybridized carbons (Fsp3) is 0.462. The SMILES string of the molecule is Cc1ncccc1C(=O)N(C)C(C)(C)CC(=O)O. The van der Waals surface area contributed by atoms with Crippen molar-refractivity contribution in [2.75, 3.05) is 7.05 Å². The Morgan fingerprint density at radius 3 is 2.56 bits per heavy atom. The van der Waals surface area contributed by atoms with Crippen molar-refractivity contribution in [3.05, 3.63) is 29.6 Å². The minimum absolute atomic E-state index is 0.103. The molecule has 0 aliphatic carbocycles. The van der Waals surface area contributed by atoms with Gasteiger partial charge in [-0.15, -0.1) is 0 Å². The number of hydrogen-bond donors (Lipinski definition) is 1. The summed E-state index contributed by atoms with van der Waals surface area (Å²) in [5.74, 6) is -1.14. The number of amides is 1. The molecular formula is C13H18N2O3. The van der Waals surface area contributed by atoms with Gasteiger partial charge in [-0.1, -0.05) is 0 Å². The lowest BCUT2D eigenvalue weighted by atomic mass is 9.97. The number of aryl methyl sites for hydroxylation is 1. The van der Waals surface area contributed by atoms with E-state index in [0.717, 1.165) is 0 Å². The van der Waals surface area contributed by atoms with E-state index in [4.69, 9.17) is 5.11 Å². The predicted molar refractivity (Wildman–Crippen MR) is 67.4 cm³/mol. The average Bonchev–Trinajstić information content (AvgIpc) is 2.26. The topological polar surface area (TPSA) is 70.5 Å². The Hall–Kier alpha value is -1.91. The van der Waals surface area contributed by atoms with Crippen LogP contribution in [0, 0.1) is 6.92 Å². The zero-order chi connectivity index (χ0) is 13.9. The summed E-state index contributed by atoms with van der Waals surface area (Å²) >= 11 is 0. The first-order chi connectivity index (χ1) is 8.25. The number of carbonyl (C=O) groups excluding carboxylic acids is 1. The maximum atomic E-state index is 12.3. The summed E-state index contributed by atoms with van der Waals surface area (Å²) in [7, 11) is 1.61. The molecule has 1 amide bonds. The van der Waals surface area contributed by atoms with Gasteiger partial charge in [0.1, 0.15) is 0 Å². The molecule has 98 valence electrons. The molecule has 0 fully saturated rings. The minimum atomic E-state index is -0.928. The Morgan fingerprint density at radius 1 is 1.44 bits per heavy atom.